The molecule has 1 aliphatic heterocycles. The predicted octanol–water partition coefficient (Wildman–Crippen LogP) is 1.20. The Balaban J connectivity index is 2.33. The van der Waals surface area contributed by atoms with Crippen LogP contribution >= 0.6 is 0 Å². The number of ether oxygens (including phenoxy) is 1. The van der Waals surface area contributed by atoms with Crippen molar-refractivity contribution in [3.8, 4) is 0 Å². The second-order valence-electron chi connectivity index (χ2n) is 4.10. The first-order valence-electron chi connectivity index (χ1n) is 5.40. The van der Waals surface area contributed by atoms with Crippen molar-refractivity contribution >= 4 is 0 Å². The van der Waals surface area contributed by atoms with Crippen molar-refractivity contribution in [3.63, 3.8) is 0 Å². The summed E-state index contributed by atoms with van der Waals surface area (Å²) in [6.45, 7) is 4.84. The third-order valence-corrected chi connectivity index (χ3v) is 2.67. The van der Waals surface area contributed by atoms with Gasteiger partial charge in [0.15, 0.2) is 11.6 Å². The van der Waals surface area contributed by atoms with Gasteiger partial charge >= 0.3 is 0 Å². The van der Waals surface area contributed by atoms with Crippen LogP contribution in [0.15, 0.2) is 0 Å². The third kappa shape index (κ3) is 1.89. The zero-order valence-electron chi connectivity index (χ0n) is 9.18. The minimum Gasteiger partial charge on any atom is -0.388 e. The summed E-state index contributed by atoms with van der Waals surface area (Å²) in [5.74, 6) is 1.47. The van der Waals surface area contributed by atoms with E-state index in [1.165, 1.54) is 0 Å². The van der Waals surface area contributed by atoms with Gasteiger partial charge in [0.05, 0.1) is 0 Å². The Morgan fingerprint density at radius 1 is 1.53 bits per heavy atom. The molecule has 1 aliphatic rings. The Labute approximate surface area is 89.1 Å². The Morgan fingerprint density at radius 2 is 2.33 bits per heavy atom. The first-order valence-corrected chi connectivity index (χ1v) is 5.40. The average molecular weight is 211 g/mol. The van der Waals surface area contributed by atoms with E-state index in [0.29, 0.717) is 5.82 Å². The van der Waals surface area contributed by atoms with Crippen LogP contribution in [0.5, 0.6) is 0 Å². The second kappa shape index (κ2) is 4.28. The molecule has 2 heterocycles. The molecule has 1 atom stereocenters. The van der Waals surface area contributed by atoms with E-state index in [2.05, 4.69) is 24.0 Å². The van der Waals surface area contributed by atoms with Gasteiger partial charge in [-0.2, -0.15) is 0 Å². The maximum atomic E-state index is 9.16. The Bertz CT molecular complexity index is 329. The van der Waals surface area contributed by atoms with E-state index in [4.69, 9.17) is 9.84 Å². The van der Waals surface area contributed by atoms with Gasteiger partial charge in [0, 0.05) is 12.6 Å². The Hall–Kier alpha value is -0.940. The third-order valence-electron chi connectivity index (χ3n) is 2.67. The Morgan fingerprint density at radius 3 is 2.87 bits per heavy atom. The zero-order valence-corrected chi connectivity index (χ0v) is 9.18. The second-order valence-corrected chi connectivity index (χ2v) is 4.10. The summed E-state index contributed by atoms with van der Waals surface area (Å²) in [6, 6.07) is 0.251. The molecule has 1 saturated heterocycles. The normalized spacial score (nSPS) is 21.5. The van der Waals surface area contributed by atoms with Crippen LogP contribution < -0.4 is 0 Å². The molecule has 15 heavy (non-hydrogen) atoms. The summed E-state index contributed by atoms with van der Waals surface area (Å²) in [7, 11) is 0. The quantitative estimate of drug-likeness (QED) is 0.816. The van der Waals surface area contributed by atoms with E-state index in [-0.39, 0.29) is 18.8 Å². The molecule has 1 unspecified atom stereocenters. The van der Waals surface area contributed by atoms with Crippen LogP contribution in [-0.2, 0) is 11.3 Å². The first-order chi connectivity index (χ1) is 7.24. The van der Waals surface area contributed by atoms with E-state index >= 15 is 0 Å². The number of aromatic nitrogens is 3. The van der Waals surface area contributed by atoms with Crippen molar-refractivity contribution in [1.29, 1.82) is 0 Å². The van der Waals surface area contributed by atoms with Gasteiger partial charge in [0.2, 0.25) is 0 Å². The van der Waals surface area contributed by atoms with Gasteiger partial charge in [-0.1, -0.05) is 0 Å². The van der Waals surface area contributed by atoms with Crippen molar-refractivity contribution in [2.24, 2.45) is 0 Å². The number of nitrogens with zero attached hydrogens (tertiary/aromatic N) is 3. The monoisotopic (exact) mass is 211 g/mol. The molecule has 2 rings (SSSR count). The fraction of sp³-hybridized carbons (Fsp3) is 0.800. The van der Waals surface area contributed by atoms with E-state index < -0.39 is 0 Å². The van der Waals surface area contributed by atoms with Gasteiger partial charge < -0.3 is 14.4 Å². The number of rotatable bonds is 3. The molecule has 0 radical (unpaired) electrons. The van der Waals surface area contributed by atoms with Crippen molar-refractivity contribution in [1.82, 2.24) is 14.8 Å². The van der Waals surface area contributed by atoms with Crippen LogP contribution in [0.2, 0.25) is 0 Å². The number of aliphatic hydroxyl groups excluding tert-OH is 1. The average Bonchev–Trinajstić information content (AvgIpc) is 2.85. The summed E-state index contributed by atoms with van der Waals surface area (Å²) >= 11 is 0. The van der Waals surface area contributed by atoms with Gasteiger partial charge in [-0.25, -0.2) is 0 Å². The molecule has 5 nitrogen and oxygen atoms in total. The number of aliphatic hydroxyl groups is 1. The summed E-state index contributed by atoms with van der Waals surface area (Å²) < 4.78 is 7.55. The molecule has 0 aromatic carbocycles. The van der Waals surface area contributed by atoms with E-state index in [1.807, 2.05) is 4.57 Å². The molecule has 0 saturated carbocycles. The molecule has 0 amide bonds. The fourth-order valence-corrected chi connectivity index (χ4v) is 2.01. The minimum absolute atomic E-state index is 0.0557. The topological polar surface area (TPSA) is 60.2 Å². The lowest BCUT2D eigenvalue weighted by atomic mass is 10.2. The minimum atomic E-state index is -0.0715. The van der Waals surface area contributed by atoms with Crippen molar-refractivity contribution in [2.75, 3.05) is 6.61 Å². The highest BCUT2D eigenvalue weighted by Crippen LogP contribution is 2.29. The maximum absolute atomic E-state index is 9.16. The molecule has 1 aromatic heterocycles. The highest BCUT2D eigenvalue weighted by Gasteiger charge is 2.25. The predicted molar refractivity (Wildman–Crippen MR) is 54.3 cm³/mol. The van der Waals surface area contributed by atoms with Gasteiger partial charge in [-0.05, 0) is 26.7 Å². The van der Waals surface area contributed by atoms with Crippen LogP contribution in [-0.4, -0.2) is 26.5 Å². The highest BCUT2D eigenvalue weighted by atomic mass is 16.5. The van der Waals surface area contributed by atoms with Gasteiger partial charge in [0.25, 0.3) is 0 Å². The molecule has 0 bridgehead atoms. The molecule has 84 valence electrons. The van der Waals surface area contributed by atoms with Crippen LogP contribution in [0.25, 0.3) is 0 Å². The summed E-state index contributed by atoms with van der Waals surface area (Å²) in [5, 5.41) is 17.3. The molecule has 1 fully saturated rings. The first kappa shape index (κ1) is 10.6. The van der Waals surface area contributed by atoms with Crippen molar-refractivity contribution < 1.29 is 9.84 Å². The van der Waals surface area contributed by atoms with Crippen LogP contribution in [0, 0.1) is 0 Å². The van der Waals surface area contributed by atoms with Gasteiger partial charge in [-0.3, -0.25) is 0 Å². The SMILES string of the molecule is CC(C)n1c(CO)nnc1C1CCCO1. The number of hydrogen-bond donors (Lipinski definition) is 1. The standard InChI is InChI=1S/C10H17N3O2/c1-7(2)13-9(6-14)11-12-10(13)8-4-3-5-15-8/h7-8,14H,3-6H2,1-2H3. The van der Waals surface area contributed by atoms with Crippen molar-refractivity contribution in [3.05, 3.63) is 11.6 Å². The van der Waals surface area contributed by atoms with Crippen molar-refractivity contribution in [2.45, 2.75) is 45.4 Å². The molecule has 0 spiro atoms. The van der Waals surface area contributed by atoms with Gasteiger partial charge in [-0.15, -0.1) is 10.2 Å². The lowest BCUT2D eigenvalue weighted by Gasteiger charge is -2.16. The molecular weight excluding hydrogens is 194 g/mol. The largest absolute Gasteiger partial charge is 0.388 e. The van der Waals surface area contributed by atoms with E-state index in [0.717, 1.165) is 25.3 Å². The number of hydrogen-bond acceptors (Lipinski definition) is 4. The fourth-order valence-electron chi connectivity index (χ4n) is 2.01. The van der Waals surface area contributed by atoms with Crippen LogP contribution in [0.3, 0.4) is 0 Å². The summed E-state index contributed by atoms with van der Waals surface area (Å²) in [4.78, 5) is 0. The van der Waals surface area contributed by atoms with Crippen LogP contribution in [0.1, 0.15) is 50.5 Å². The van der Waals surface area contributed by atoms with E-state index in [1.54, 1.807) is 0 Å². The molecule has 1 N–H and O–H groups in total. The molecular formula is C10H17N3O2. The molecule has 5 heteroatoms. The molecule has 0 aliphatic carbocycles. The van der Waals surface area contributed by atoms with Gasteiger partial charge in [0.1, 0.15) is 12.7 Å². The zero-order chi connectivity index (χ0) is 10.8. The lowest BCUT2D eigenvalue weighted by Crippen LogP contribution is -2.13. The molecule has 1 aromatic rings. The summed E-state index contributed by atoms with van der Waals surface area (Å²) in [5.41, 5.74) is 0. The Kier molecular flexibility index (Phi) is 3.02. The van der Waals surface area contributed by atoms with E-state index in [9.17, 15) is 0 Å². The highest BCUT2D eigenvalue weighted by molar-refractivity contribution is 5.01. The lowest BCUT2D eigenvalue weighted by molar-refractivity contribution is 0.1000. The smallest absolute Gasteiger partial charge is 0.162 e. The van der Waals surface area contributed by atoms with Crippen LogP contribution in [0.4, 0.5) is 0 Å². The maximum Gasteiger partial charge on any atom is 0.162 e. The summed E-state index contributed by atoms with van der Waals surface area (Å²) in [6.07, 6.45) is 2.13.